The van der Waals surface area contributed by atoms with Crippen molar-refractivity contribution in [3.05, 3.63) is 59.6 Å². The van der Waals surface area contributed by atoms with E-state index in [4.69, 9.17) is 12.3 Å². The molecule has 1 aliphatic carbocycles. The number of rotatable bonds is 4. The molecule has 0 spiro atoms. The second kappa shape index (κ2) is 5.67. The summed E-state index contributed by atoms with van der Waals surface area (Å²) in [6, 6.07) is 12.1. The molecule has 126 valence electrons. The fourth-order valence-electron chi connectivity index (χ4n) is 3.55. The Morgan fingerprint density at radius 2 is 2.00 bits per heavy atom. The predicted molar refractivity (Wildman–Crippen MR) is 105 cm³/mol. The van der Waals surface area contributed by atoms with Gasteiger partial charge in [-0.05, 0) is 66.3 Å². The van der Waals surface area contributed by atoms with Crippen LogP contribution in [0.3, 0.4) is 0 Å². The Morgan fingerprint density at radius 3 is 2.72 bits per heavy atom. The minimum Gasteiger partial charge on any atom is -0.398 e. The Kier molecular flexibility index (Phi) is 3.58. The molecule has 1 saturated carbocycles. The van der Waals surface area contributed by atoms with Crippen molar-refractivity contribution >= 4 is 22.3 Å². The van der Waals surface area contributed by atoms with E-state index < -0.39 is 0 Å². The minimum absolute atomic E-state index is 0.528. The van der Waals surface area contributed by atoms with Gasteiger partial charge < -0.3 is 10.3 Å². The molecule has 0 saturated heterocycles. The van der Waals surface area contributed by atoms with Crippen LogP contribution >= 0.6 is 0 Å². The third kappa shape index (κ3) is 2.78. The van der Waals surface area contributed by atoms with Crippen LogP contribution in [0.15, 0.2) is 42.6 Å². The van der Waals surface area contributed by atoms with Crippen LogP contribution in [0, 0.1) is 18.9 Å². The van der Waals surface area contributed by atoms with E-state index in [1.54, 1.807) is 0 Å². The molecule has 0 radical (unpaired) electrons. The quantitative estimate of drug-likeness (QED) is 0.466. The third-order valence-electron chi connectivity index (χ3n) is 5.72. The van der Waals surface area contributed by atoms with Crippen molar-refractivity contribution in [2.75, 3.05) is 5.73 Å². The molecule has 1 aromatic heterocycles. The molecule has 0 aliphatic heterocycles. The summed E-state index contributed by atoms with van der Waals surface area (Å²) in [6.07, 6.45) is 6.13. The summed E-state index contributed by atoms with van der Waals surface area (Å²) in [4.78, 5) is 3.62. The van der Waals surface area contributed by atoms with E-state index in [1.807, 2.05) is 24.3 Å². The van der Waals surface area contributed by atoms with E-state index in [-0.39, 0.29) is 0 Å². The second-order valence-corrected chi connectivity index (χ2v) is 7.63. The van der Waals surface area contributed by atoms with E-state index in [0.29, 0.717) is 11.1 Å². The van der Waals surface area contributed by atoms with Crippen LogP contribution in [0.1, 0.15) is 31.7 Å². The molecule has 3 aromatic rings. The van der Waals surface area contributed by atoms with E-state index in [2.05, 4.69) is 41.6 Å². The molecule has 1 fully saturated rings. The zero-order valence-electron chi connectivity index (χ0n) is 14.8. The molecule has 0 bridgehead atoms. The van der Waals surface area contributed by atoms with E-state index in [9.17, 15) is 0 Å². The molecule has 2 aromatic carbocycles. The van der Waals surface area contributed by atoms with E-state index in [1.165, 1.54) is 30.3 Å². The fraction of sp³-hybridized carbons (Fsp3) is 0.318. The zero-order valence-corrected chi connectivity index (χ0v) is 14.8. The average Bonchev–Trinajstić information content (AvgIpc) is 3.25. The van der Waals surface area contributed by atoms with Gasteiger partial charge in [0.25, 0.3) is 0 Å². The standard InChI is InChI=1S/C22H23N3/c1-15-17(5-4-6-20(15)23)19-14-25(12-11-22(2)9-10-22)21-8-7-16(24-3)13-18(19)21/h4-8,13-14H,9-12,23H2,1-2H3. The molecule has 3 nitrogen and oxygen atoms in total. The third-order valence-corrected chi connectivity index (χ3v) is 5.72. The number of aryl methyl sites for hydroxylation is 1. The van der Waals surface area contributed by atoms with Gasteiger partial charge in [-0.2, -0.15) is 0 Å². The topological polar surface area (TPSA) is 35.3 Å². The molecule has 25 heavy (non-hydrogen) atoms. The number of benzene rings is 2. The Balaban J connectivity index is 1.87. The molecule has 0 unspecified atom stereocenters. The largest absolute Gasteiger partial charge is 0.398 e. The van der Waals surface area contributed by atoms with Crippen LogP contribution in [0.25, 0.3) is 26.9 Å². The van der Waals surface area contributed by atoms with E-state index in [0.717, 1.165) is 28.7 Å². The van der Waals surface area contributed by atoms with Crippen molar-refractivity contribution in [1.29, 1.82) is 0 Å². The number of nitrogens with two attached hydrogens (primary N) is 1. The van der Waals surface area contributed by atoms with Crippen molar-refractivity contribution in [2.45, 2.75) is 39.7 Å². The minimum atomic E-state index is 0.528. The lowest BCUT2D eigenvalue weighted by atomic mass is 9.99. The summed E-state index contributed by atoms with van der Waals surface area (Å²) in [5.41, 5.74) is 12.8. The monoisotopic (exact) mass is 329 g/mol. The highest BCUT2D eigenvalue weighted by Gasteiger charge is 2.36. The van der Waals surface area contributed by atoms with Crippen molar-refractivity contribution in [2.24, 2.45) is 5.41 Å². The summed E-state index contributed by atoms with van der Waals surface area (Å²) >= 11 is 0. The lowest BCUT2D eigenvalue weighted by Gasteiger charge is -2.10. The van der Waals surface area contributed by atoms with Gasteiger partial charge in [0.15, 0.2) is 5.69 Å². The summed E-state index contributed by atoms with van der Waals surface area (Å²) in [5, 5.41) is 1.14. The van der Waals surface area contributed by atoms with Gasteiger partial charge in [0, 0.05) is 29.5 Å². The highest BCUT2D eigenvalue weighted by Crippen LogP contribution is 2.48. The molecule has 0 atom stereocenters. The molecule has 2 N–H and O–H groups in total. The van der Waals surface area contributed by atoms with Crippen LogP contribution in [-0.2, 0) is 6.54 Å². The maximum atomic E-state index is 7.35. The van der Waals surface area contributed by atoms with Gasteiger partial charge in [0.05, 0.1) is 6.57 Å². The first-order chi connectivity index (χ1) is 12.0. The second-order valence-electron chi connectivity index (χ2n) is 7.63. The van der Waals surface area contributed by atoms with Gasteiger partial charge in [-0.1, -0.05) is 25.1 Å². The Hall–Kier alpha value is -2.73. The number of anilines is 1. The Labute approximate surface area is 148 Å². The van der Waals surface area contributed by atoms with Crippen LogP contribution in [-0.4, -0.2) is 4.57 Å². The lowest BCUT2D eigenvalue weighted by Crippen LogP contribution is -2.02. The number of nitrogens with zero attached hydrogens (tertiary/aromatic N) is 2. The van der Waals surface area contributed by atoms with E-state index >= 15 is 0 Å². The Morgan fingerprint density at radius 1 is 1.20 bits per heavy atom. The summed E-state index contributed by atoms with van der Waals surface area (Å²) in [6.45, 7) is 12.8. The average molecular weight is 329 g/mol. The summed E-state index contributed by atoms with van der Waals surface area (Å²) < 4.78 is 2.35. The first-order valence-electron chi connectivity index (χ1n) is 8.87. The maximum absolute atomic E-state index is 7.35. The summed E-state index contributed by atoms with van der Waals surface area (Å²) in [5.74, 6) is 0. The molecule has 1 aliphatic rings. The summed E-state index contributed by atoms with van der Waals surface area (Å²) in [7, 11) is 0. The first kappa shape index (κ1) is 15.8. The smallest absolute Gasteiger partial charge is 0.188 e. The van der Waals surface area contributed by atoms with Crippen LogP contribution < -0.4 is 5.73 Å². The molecular weight excluding hydrogens is 306 g/mol. The highest BCUT2D eigenvalue weighted by atomic mass is 15.0. The van der Waals surface area contributed by atoms with Gasteiger partial charge in [-0.3, -0.25) is 0 Å². The van der Waals surface area contributed by atoms with Crippen molar-refractivity contribution in [1.82, 2.24) is 4.57 Å². The van der Waals surface area contributed by atoms with Gasteiger partial charge in [0.1, 0.15) is 0 Å². The SMILES string of the molecule is [C-]#[N+]c1ccc2c(c1)c(-c1cccc(N)c1C)cn2CCC1(C)CC1. The molecular formula is C22H23N3. The van der Waals surface area contributed by atoms with Crippen molar-refractivity contribution in [3.8, 4) is 11.1 Å². The lowest BCUT2D eigenvalue weighted by molar-refractivity contribution is 0.471. The molecule has 4 rings (SSSR count). The van der Waals surface area contributed by atoms with Gasteiger partial charge in [-0.15, -0.1) is 0 Å². The zero-order chi connectivity index (χ0) is 17.6. The molecule has 0 amide bonds. The first-order valence-corrected chi connectivity index (χ1v) is 8.87. The number of nitrogen functional groups attached to an aromatic ring is 1. The van der Waals surface area contributed by atoms with Gasteiger partial charge in [0.2, 0.25) is 0 Å². The number of hydrogen-bond donors (Lipinski definition) is 1. The normalized spacial score (nSPS) is 15.2. The predicted octanol–water partition coefficient (Wildman–Crippen LogP) is 5.94. The molecule has 1 heterocycles. The van der Waals surface area contributed by atoms with Gasteiger partial charge in [-0.25, -0.2) is 4.85 Å². The highest BCUT2D eigenvalue weighted by molar-refractivity contribution is 5.99. The maximum Gasteiger partial charge on any atom is 0.188 e. The van der Waals surface area contributed by atoms with Crippen molar-refractivity contribution in [3.63, 3.8) is 0 Å². The van der Waals surface area contributed by atoms with Crippen LogP contribution in [0.5, 0.6) is 0 Å². The van der Waals surface area contributed by atoms with Crippen LogP contribution in [0.2, 0.25) is 0 Å². The van der Waals surface area contributed by atoms with Crippen LogP contribution in [0.4, 0.5) is 11.4 Å². The molecule has 3 heteroatoms. The number of fused-ring (bicyclic) bond motifs is 1. The Bertz CT molecular complexity index is 1000. The number of aromatic nitrogens is 1. The van der Waals surface area contributed by atoms with Crippen molar-refractivity contribution < 1.29 is 0 Å². The van der Waals surface area contributed by atoms with Gasteiger partial charge >= 0.3 is 0 Å². The number of hydrogen-bond acceptors (Lipinski definition) is 1. The fourth-order valence-corrected chi connectivity index (χ4v) is 3.55.